The van der Waals surface area contributed by atoms with Crippen LogP contribution in [0.15, 0.2) is 23.1 Å². The minimum absolute atomic E-state index is 0.0777. The monoisotopic (exact) mass is 301 g/mol. The molecule has 106 valence electrons. The molecule has 19 heavy (non-hydrogen) atoms. The number of nitrogens with zero attached hydrogens (tertiary/aromatic N) is 1. The molecule has 1 unspecified atom stereocenters. The van der Waals surface area contributed by atoms with Crippen LogP contribution in [0.1, 0.15) is 17.5 Å². The summed E-state index contributed by atoms with van der Waals surface area (Å²) in [6, 6.07) is 5.01. The molecule has 1 fully saturated rings. The van der Waals surface area contributed by atoms with Crippen molar-refractivity contribution in [2.75, 3.05) is 18.6 Å². The molecule has 1 aliphatic heterocycles. The van der Waals surface area contributed by atoms with Gasteiger partial charge in [-0.1, -0.05) is 6.07 Å². The highest BCUT2D eigenvalue weighted by molar-refractivity contribution is 7.99. The van der Waals surface area contributed by atoms with Crippen molar-refractivity contribution in [2.45, 2.75) is 30.9 Å². The Bertz CT molecular complexity index is 551. The van der Waals surface area contributed by atoms with E-state index in [1.807, 2.05) is 6.92 Å². The van der Waals surface area contributed by atoms with Crippen LogP contribution < -0.4 is 0 Å². The highest BCUT2D eigenvalue weighted by Crippen LogP contribution is 2.27. The summed E-state index contributed by atoms with van der Waals surface area (Å²) in [7, 11) is -1.82. The topological polar surface area (TPSA) is 57.6 Å². The summed E-state index contributed by atoms with van der Waals surface area (Å²) >= 11 is 1.79. The quantitative estimate of drug-likeness (QED) is 0.918. The van der Waals surface area contributed by atoms with Crippen molar-refractivity contribution in [3.8, 4) is 0 Å². The van der Waals surface area contributed by atoms with Crippen molar-refractivity contribution in [1.29, 1.82) is 0 Å². The van der Waals surface area contributed by atoms with Crippen LogP contribution in [-0.4, -0.2) is 42.4 Å². The third kappa shape index (κ3) is 2.97. The van der Waals surface area contributed by atoms with E-state index < -0.39 is 10.0 Å². The van der Waals surface area contributed by atoms with Gasteiger partial charge < -0.3 is 5.11 Å². The molecular formula is C13H19NO3S2. The molecule has 1 heterocycles. The molecule has 0 aliphatic carbocycles. The first-order valence-electron chi connectivity index (χ1n) is 6.23. The highest BCUT2D eigenvalue weighted by Gasteiger charge is 2.30. The van der Waals surface area contributed by atoms with E-state index >= 15 is 0 Å². The van der Waals surface area contributed by atoms with Crippen molar-refractivity contribution in [1.82, 2.24) is 4.31 Å². The maximum absolute atomic E-state index is 12.5. The summed E-state index contributed by atoms with van der Waals surface area (Å²) in [5.74, 6) is 1.87. The van der Waals surface area contributed by atoms with E-state index in [1.165, 1.54) is 4.31 Å². The summed E-state index contributed by atoms with van der Waals surface area (Å²) in [4.78, 5) is 0.265. The lowest BCUT2D eigenvalue weighted by Crippen LogP contribution is -2.37. The molecule has 0 aromatic heterocycles. The fourth-order valence-corrected chi connectivity index (χ4v) is 4.95. The van der Waals surface area contributed by atoms with Crippen LogP contribution in [-0.2, 0) is 16.6 Å². The number of benzene rings is 1. The molecule has 1 atom stereocenters. The molecule has 1 saturated heterocycles. The predicted octanol–water partition coefficient (Wildman–Crippen LogP) is 1.61. The Morgan fingerprint density at radius 3 is 2.79 bits per heavy atom. The molecule has 1 N–H and O–H groups in total. The molecule has 4 nitrogen and oxygen atoms in total. The zero-order chi connectivity index (χ0) is 14.0. The van der Waals surface area contributed by atoms with E-state index in [0.717, 1.165) is 23.5 Å². The number of aliphatic hydroxyl groups is 1. The van der Waals surface area contributed by atoms with Gasteiger partial charge in [0, 0.05) is 18.8 Å². The van der Waals surface area contributed by atoms with Crippen LogP contribution in [0.4, 0.5) is 0 Å². The number of sulfonamides is 1. The number of aryl methyl sites for hydroxylation is 1. The van der Waals surface area contributed by atoms with Gasteiger partial charge in [-0.2, -0.15) is 16.1 Å². The maximum Gasteiger partial charge on any atom is 0.243 e. The number of thioether (sulfide) groups is 1. The fourth-order valence-electron chi connectivity index (χ4n) is 2.15. The van der Waals surface area contributed by atoms with Crippen LogP contribution in [0.3, 0.4) is 0 Å². The minimum atomic E-state index is -3.46. The van der Waals surface area contributed by atoms with E-state index in [2.05, 4.69) is 0 Å². The molecule has 0 amide bonds. The lowest BCUT2D eigenvalue weighted by atomic mass is 10.1. The van der Waals surface area contributed by atoms with Crippen molar-refractivity contribution in [2.24, 2.45) is 0 Å². The van der Waals surface area contributed by atoms with Gasteiger partial charge in [-0.3, -0.25) is 0 Å². The molecule has 0 spiro atoms. The van der Waals surface area contributed by atoms with E-state index in [-0.39, 0.29) is 17.5 Å². The molecule has 1 aliphatic rings. The van der Waals surface area contributed by atoms with E-state index in [4.69, 9.17) is 0 Å². The Hall–Kier alpha value is -0.560. The standard InChI is InChI=1S/C13H19NO3S2/c1-10-3-4-13(7-11(10)8-15)19(16,17)14(2)12-5-6-18-9-12/h3-4,7,12,15H,5-6,8-9H2,1-2H3. The van der Waals surface area contributed by atoms with Gasteiger partial charge in [0.15, 0.2) is 0 Å². The van der Waals surface area contributed by atoms with Gasteiger partial charge >= 0.3 is 0 Å². The van der Waals surface area contributed by atoms with Crippen LogP contribution in [0.2, 0.25) is 0 Å². The van der Waals surface area contributed by atoms with Gasteiger partial charge in [-0.05, 0) is 42.4 Å². The van der Waals surface area contributed by atoms with Crippen LogP contribution in [0, 0.1) is 6.92 Å². The number of hydrogen-bond acceptors (Lipinski definition) is 4. The molecule has 0 bridgehead atoms. The normalized spacial score (nSPS) is 20.1. The zero-order valence-corrected chi connectivity index (χ0v) is 12.8. The Morgan fingerprint density at radius 2 is 2.21 bits per heavy atom. The third-order valence-electron chi connectivity index (χ3n) is 3.59. The zero-order valence-electron chi connectivity index (χ0n) is 11.2. The average molecular weight is 301 g/mol. The van der Waals surface area contributed by atoms with Gasteiger partial charge in [-0.25, -0.2) is 8.42 Å². The van der Waals surface area contributed by atoms with E-state index in [1.54, 1.807) is 37.0 Å². The SMILES string of the molecule is Cc1ccc(S(=O)(=O)N(C)C2CCSC2)cc1CO. The van der Waals surface area contributed by atoms with E-state index in [9.17, 15) is 13.5 Å². The molecule has 1 aromatic carbocycles. The van der Waals surface area contributed by atoms with E-state index in [0.29, 0.717) is 5.56 Å². The molecule has 0 saturated carbocycles. The first-order valence-corrected chi connectivity index (χ1v) is 8.82. The number of rotatable bonds is 4. The number of hydrogen-bond donors (Lipinski definition) is 1. The molecule has 2 rings (SSSR count). The second-order valence-electron chi connectivity index (χ2n) is 4.79. The smallest absolute Gasteiger partial charge is 0.243 e. The maximum atomic E-state index is 12.5. The fraction of sp³-hybridized carbons (Fsp3) is 0.538. The van der Waals surface area contributed by atoms with Crippen LogP contribution in [0.25, 0.3) is 0 Å². The van der Waals surface area contributed by atoms with Crippen molar-refractivity contribution >= 4 is 21.8 Å². The minimum Gasteiger partial charge on any atom is -0.392 e. The second kappa shape index (κ2) is 5.83. The second-order valence-corrected chi connectivity index (χ2v) is 7.93. The molecular weight excluding hydrogens is 282 g/mol. The van der Waals surface area contributed by atoms with Crippen LogP contribution >= 0.6 is 11.8 Å². The lowest BCUT2D eigenvalue weighted by Gasteiger charge is -2.23. The van der Waals surface area contributed by atoms with Gasteiger partial charge in [0.1, 0.15) is 0 Å². The van der Waals surface area contributed by atoms with Gasteiger partial charge in [-0.15, -0.1) is 0 Å². The summed E-state index contributed by atoms with van der Waals surface area (Å²) in [6.07, 6.45) is 0.902. The van der Waals surface area contributed by atoms with Gasteiger partial charge in [0.2, 0.25) is 10.0 Å². The summed E-state index contributed by atoms with van der Waals surface area (Å²) in [6.45, 7) is 1.72. The Morgan fingerprint density at radius 1 is 1.47 bits per heavy atom. The van der Waals surface area contributed by atoms with Crippen LogP contribution in [0.5, 0.6) is 0 Å². The molecule has 1 aromatic rings. The van der Waals surface area contributed by atoms with Crippen molar-refractivity contribution in [3.05, 3.63) is 29.3 Å². The lowest BCUT2D eigenvalue weighted by molar-refractivity contribution is 0.280. The molecule has 6 heteroatoms. The first-order chi connectivity index (χ1) is 8.96. The van der Waals surface area contributed by atoms with Crippen molar-refractivity contribution in [3.63, 3.8) is 0 Å². The van der Waals surface area contributed by atoms with Gasteiger partial charge in [0.05, 0.1) is 11.5 Å². The predicted molar refractivity (Wildman–Crippen MR) is 77.8 cm³/mol. The van der Waals surface area contributed by atoms with Crippen molar-refractivity contribution < 1.29 is 13.5 Å². The summed E-state index contributed by atoms with van der Waals surface area (Å²) in [5, 5.41) is 9.25. The Balaban J connectivity index is 2.33. The molecule has 0 radical (unpaired) electrons. The summed E-state index contributed by atoms with van der Waals surface area (Å²) < 4.78 is 26.5. The average Bonchev–Trinajstić information content (AvgIpc) is 2.91. The van der Waals surface area contributed by atoms with Gasteiger partial charge in [0.25, 0.3) is 0 Å². The highest BCUT2D eigenvalue weighted by atomic mass is 32.2. The largest absolute Gasteiger partial charge is 0.392 e. The summed E-state index contributed by atoms with van der Waals surface area (Å²) in [5.41, 5.74) is 1.57. The third-order valence-corrected chi connectivity index (χ3v) is 6.64. The Labute approximate surface area is 118 Å². The number of aliphatic hydroxyl groups excluding tert-OH is 1. The Kier molecular flexibility index (Phi) is 4.55. The first kappa shape index (κ1) is 14.8.